The molecule has 180 valence electrons. The molecule has 7 N–H and O–H groups in total. The van der Waals surface area contributed by atoms with Gasteiger partial charge in [0.2, 0.25) is 5.82 Å². The summed E-state index contributed by atoms with van der Waals surface area (Å²) in [5.74, 6) is 9.66. The quantitative estimate of drug-likeness (QED) is 0.188. The molecule has 0 aliphatic carbocycles. The highest BCUT2D eigenvalue weighted by Gasteiger charge is 2.24. The SMILES string of the molecule is COc1ccc(N(N)/C(=N\N)c2cc(-c3cc(C)c(C4CCNCC4)s3)cnc2N)c(F)c1F. The van der Waals surface area contributed by atoms with Gasteiger partial charge in [0, 0.05) is 21.5 Å². The van der Waals surface area contributed by atoms with Crippen LogP contribution in [0.4, 0.5) is 20.3 Å². The second-order valence-electron chi connectivity index (χ2n) is 8.08. The van der Waals surface area contributed by atoms with E-state index in [2.05, 4.69) is 28.4 Å². The number of methoxy groups -OCH3 is 1. The molecule has 34 heavy (non-hydrogen) atoms. The van der Waals surface area contributed by atoms with Crippen LogP contribution in [0.2, 0.25) is 0 Å². The number of hydrogen-bond donors (Lipinski definition) is 4. The topological polar surface area (TPSA) is 128 Å². The van der Waals surface area contributed by atoms with Crippen molar-refractivity contribution in [3.05, 3.63) is 58.1 Å². The summed E-state index contributed by atoms with van der Waals surface area (Å²) in [5.41, 5.74) is 8.15. The van der Waals surface area contributed by atoms with Crippen molar-refractivity contribution in [2.75, 3.05) is 30.9 Å². The first-order valence-electron chi connectivity index (χ1n) is 10.8. The largest absolute Gasteiger partial charge is 0.494 e. The molecule has 0 spiro atoms. The fourth-order valence-electron chi connectivity index (χ4n) is 4.16. The molecule has 0 amide bonds. The van der Waals surface area contributed by atoms with E-state index in [0.29, 0.717) is 11.5 Å². The lowest BCUT2D eigenvalue weighted by molar-refractivity contribution is 0.372. The Balaban J connectivity index is 1.70. The summed E-state index contributed by atoms with van der Waals surface area (Å²) in [4.78, 5) is 6.66. The van der Waals surface area contributed by atoms with Crippen molar-refractivity contribution in [1.82, 2.24) is 10.3 Å². The number of rotatable bonds is 5. The number of ether oxygens (including phenoxy) is 1. The number of piperidine rings is 1. The van der Waals surface area contributed by atoms with Crippen LogP contribution in [0.5, 0.6) is 5.75 Å². The Kier molecular flexibility index (Phi) is 6.96. The Labute approximate surface area is 200 Å². The van der Waals surface area contributed by atoms with Gasteiger partial charge in [-0.3, -0.25) is 5.01 Å². The van der Waals surface area contributed by atoms with Gasteiger partial charge in [-0.1, -0.05) is 0 Å². The third kappa shape index (κ3) is 4.41. The number of thiophene rings is 1. The Morgan fingerprint density at radius 3 is 2.65 bits per heavy atom. The van der Waals surface area contributed by atoms with E-state index in [9.17, 15) is 8.78 Å². The maximum Gasteiger partial charge on any atom is 0.202 e. The standard InChI is InChI=1S/C23H27F2N7OS/c1-12-9-18(34-21(12)13-5-7-29-8-6-13)14-10-15(22(26)30-11-14)23(31-27)32(28)16-3-4-17(33-2)20(25)19(16)24/h3-4,9-11,13,29H,5-8,27-28H2,1-2H3,(H2,26,30)/b31-23-. The molecular weight excluding hydrogens is 460 g/mol. The number of hydrazine groups is 1. The number of anilines is 2. The molecule has 8 nitrogen and oxygen atoms in total. The molecule has 0 saturated carbocycles. The first kappa shape index (κ1) is 23.9. The van der Waals surface area contributed by atoms with Gasteiger partial charge in [-0.25, -0.2) is 15.2 Å². The van der Waals surface area contributed by atoms with Gasteiger partial charge in [0.05, 0.1) is 18.4 Å². The number of nitrogens with zero attached hydrogens (tertiary/aromatic N) is 3. The zero-order valence-corrected chi connectivity index (χ0v) is 19.8. The summed E-state index contributed by atoms with van der Waals surface area (Å²) in [5, 5.41) is 7.95. The number of aromatic nitrogens is 1. The van der Waals surface area contributed by atoms with Gasteiger partial charge in [-0.05, 0) is 68.6 Å². The first-order chi connectivity index (χ1) is 16.3. The Morgan fingerprint density at radius 1 is 1.24 bits per heavy atom. The summed E-state index contributed by atoms with van der Waals surface area (Å²) in [6.45, 7) is 4.13. The van der Waals surface area contributed by atoms with Crippen molar-refractivity contribution >= 4 is 28.7 Å². The molecule has 3 heterocycles. The predicted octanol–water partition coefficient (Wildman–Crippen LogP) is 3.46. The summed E-state index contributed by atoms with van der Waals surface area (Å²) >= 11 is 1.72. The first-order valence-corrected chi connectivity index (χ1v) is 11.6. The fraction of sp³-hybridized carbons (Fsp3) is 0.304. The van der Waals surface area contributed by atoms with Crippen molar-refractivity contribution in [2.24, 2.45) is 16.8 Å². The van der Waals surface area contributed by atoms with Crippen LogP contribution in [0.15, 0.2) is 35.6 Å². The number of nitrogens with one attached hydrogen (secondary N) is 1. The Morgan fingerprint density at radius 2 is 1.97 bits per heavy atom. The average Bonchev–Trinajstić information content (AvgIpc) is 3.24. The number of aryl methyl sites for hydroxylation is 1. The summed E-state index contributed by atoms with van der Waals surface area (Å²) < 4.78 is 33.7. The van der Waals surface area contributed by atoms with Gasteiger partial charge < -0.3 is 21.6 Å². The van der Waals surface area contributed by atoms with E-state index in [1.54, 1.807) is 23.6 Å². The second kappa shape index (κ2) is 9.92. The van der Waals surface area contributed by atoms with Crippen molar-refractivity contribution < 1.29 is 13.5 Å². The molecule has 4 rings (SSSR count). The number of halogens is 2. The van der Waals surface area contributed by atoms with Gasteiger partial charge in [-0.15, -0.1) is 11.3 Å². The number of nitrogens with two attached hydrogens (primary N) is 3. The number of amidine groups is 1. The predicted molar refractivity (Wildman–Crippen MR) is 132 cm³/mol. The lowest BCUT2D eigenvalue weighted by atomic mass is 9.94. The number of hydrazone groups is 1. The van der Waals surface area contributed by atoms with Crippen molar-refractivity contribution in [3.8, 4) is 16.2 Å². The lowest BCUT2D eigenvalue weighted by Crippen LogP contribution is -2.40. The van der Waals surface area contributed by atoms with Gasteiger partial charge in [0.25, 0.3) is 0 Å². The minimum absolute atomic E-state index is 0.0674. The molecule has 1 aromatic carbocycles. The molecule has 1 aliphatic heterocycles. The minimum atomic E-state index is -1.20. The molecule has 0 atom stereocenters. The molecule has 3 aromatic rings. The van der Waals surface area contributed by atoms with E-state index in [1.165, 1.54) is 29.7 Å². The maximum absolute atomic E-state index is 14.7. The number of benzene rings is 1. The van der Waals surface area contributed by atoms with E-state index in [-0.39, 0.29) is 23.1 Å². The smallest absolute Gasteiger partial charge is 0.202 e. The van der Waals surface area contributed by atoms with Crippen LogP contribution in [0.25, 0.3) is 10.4 Å². The molecule has 0 bridgehead atoms. The monoisotopic (exact) mass is 487 g/mol. The van der Waals surface area contributed by atoms with E-state index in [1.807, 2.05) is 0 Å². The normalized spacial score (nSPS) is 14.9. The molecular formula is C23H27F2N7OS. The average molecular weight is 488 g/mol. The molecule has 1 fully saturated rings. The van der Waals surface area contributed by atoms with Gasteiger partial charge in [-0.2, -0.15) is 9.49 Å². The molecule has 2 aromatic heterocycles. The highest BCUT2D eigenvalue weighted by molar-refractivity contribution is 7.15. The zero-order valence-electron chi connectivity index (χ0n) is 18.9. The van der Waals surface area contributed by atoms with E-state index < -0.39 is 11.6 Å². The number of nitrogen functional groups attached to an aromatic ring is 1. The highest BCUT2D eigenvalue weighted by Crippen LogP contribution is 2.39. The molecule has 11 heteroatoms. The zero-order chi connectivity index (χ0) is 24.4. The van der Waals surface area contributed by atoms with E-state index in [4.69, 9.17) is 22.2 Å². The second-order valence-corrected chi connectivity index (χ2v) is 9.16. The van der Waals surface area contributed by atoms with Gasteiger partial charge >= 0.3 is 0 Å². The Bertz CT molecular complexity index is 1220. The summed E-state index contributed by atoms with van der Waals surface area (Å²) in [6, 6.07) is 6.40. The Hall–Kier alpha value is -3.28. The van der Waals surface area contributed by atoms with E-state index >= 15 is 0 Å². The van der Waals surface area contributed by atoms with Crippen LogP contribution in [0, 0.1) is 18.6 Å². The maximum atomic E-state index is 14.7. The van der Waals surface area contributed by atoms with Crippen LogP contribution in [0.3, 0.4) is 0 Å². The van der Waals surface area contributed by atoms with E-state index in [0.717, 1.165) is 41.4 Å². The summed E-state index contributed by atoms with van der Waals surface area (Å²) in [6.07, 6.45) is 3.86. The molecule has 1 saturated heterocycles. The lowest BCUT2D eigenvalue weighted by Gasteiger charge is -2.22. The van der Waals surface area contributed by atoms with Gasteiger partial charge in [0.1, 0.15) is 5.82 Å². The van der Waals surface area contributed by atoms with Crippen molar-refractivity contribution in [3.63, 3.8) is 0 Å². The molecule has 0 unspecified atom stereocenters. The van der Waals surface area contributed by atoms with Crippen molar-refractivity contribution in [2.45, 2.75) is 25.7 Å². The number of pyridine rings is 1. The van der Waals surface area contributed by atoms with Crippen LogP contribution in [-0.2, 0) is 0 Å². The van der Waals surface area contributed by atoms with Crippen LogP contribution >= 0.6 is 11.3 Å². The highest BCUT2D eigenvalue weighted by atomic mass is 32.1. The minimum Gasteiger partial charge on any atom is -0.494 e. The number of hydrogen-bond acceptors (Lipinski definition) is 8. The third-order valence-corrected chi connectivity index (χ3v) is 7.42. The van der Waals surface area contributed by atoms with Crippen LogP contribution in [0.1, 0.15) is 34.8 Å². The molecule has 1 aliphatic rings. The van der Waals surface area contributed by atoms with Gasteiger partial charge in [0.15, 0.2) is 17.4 Å². The van der Waals surface area contributed by atoms with Crippen molar-refractivity contribution in [1.29, 1.82) is 0 Å². The van der Waals surface area contributed by atoms with Crippen LogP contribution < -0.4 is 32.5 Å². The summed E-state index contributed by atoms with van der Waals surface area (Å²) in [7, 11) is 1.24. The van der Waals surface area contributed by atoms with Crippen LogP contribution in [-0.4, -0.2) is 31.0 Å². The third-order valence-electron chi connectivity index (χ3n) is 5.97. The molecule has 0 radical (unpaired) electrons. The fourth-order valence-corrected chi connectivity index (χ4v) is 5.48.